The number of rotatable bonds is 3. The fraction of sp³-hybridized carbons (Fsp3) is 0.867. The molecule has 0 radical (unpaired) electrons. The first-order valence-electron chi connectivity index (χ1n) is 8.03. The van der Waals surface area contributed by atoms with Crippen molar-refractivity contribution < 1.29 is 14.3 Å². The van der Waals surface area contributed by atoms with Crippen LogP contribution in [0.4, 0.5) is 4.79 Å². The first kappa shape index (κ1) is 16.1. The molecule has 1 atom stereocenters. The molecule has 6 nitrogen and oxygen atoms in total. The van der Waals surface area contributed by atoms with Crippen molar-refractivity contribution in [3.63, 3.8) is 0 Å². The minimum absolute atomic E-state index is 0.0942. The van der Waals surface area contributed by atoms with Crippen molar-refractivity contribution in [2.24, 2.45) is 0 Å². The largest absolute Gasteiger partial charge is 0.450 e. The Morgan fingerprint density at radius 2 is 2.05 bits per heavy atom. The second-order valence-electron chi connectivity index (χ2n) is 6.15. The monoisotopic (exact) mass is 297 g/mol. The normalized spacial score (nSPS) is 27.2. The Morgan fingerprint density at radius 1 is 1.33 bits per heavy atom. The van der Waals surface area contributed by atoms with Crippen LogP contribution in [0.3, 0.4) is 0 Å². The standard InChI is InChI=1S/C15H27N3O3/c1-3-21-14(20)18-10-6-12(7-11-18)17-13(19)15(2)8-4-5-9-16-15/h12,16H,3-11H2,1-2H3,(H,17,19). The smallest absolute Gasteiger partial charge is 0.409 e. The van der Waals surface area contributed by atoms with Gasteiger partial charge in [-0.1, -0.05) is 0 Å². The van der Waals surface area contributed by atoms with E-state index in [9.17, 15) is 9.59 Å². The van der Waals surface area contributed by atoms with Gasteiger partial charge in [0.05, 0.1) is 12.1 Å². The predicted molar refractivity (Wildman–Crippen MR) is 80.0 cm³/mol. The Morgan fingerprint density at radius 3 is 2.62 bits per heavy atom. The van der Waals surface area contributed by atoms with Crippen molar-refractivity contribution in [1.82, 2.24) is 15.5 Å². The highest BCUT2D eigenvalue weighted by atomic mass is 16.6. The zero-order chi connectivity index (χ0) is 15.3. The molecule has 2 heterocycles. The van der Waals surface area contributed by atoms with E-state index in [1.54, 1.807) is 4.90 Å². The minimum Gasteiger partial charge on any atom is -0.450 e. The number of nitrogens with one attached hydrogen (secondary N) is 2. The molecular weight excluding hydrogens is 270 g/mol. The van der Waals surface area contributed by atoms with Gasteiger partial charge in [-0.3, -0.25) is 4.79 Å². The van der Waals surface area contributed by atoms with Gasteiger partial charge in [-0.15, -0.1) is 0 Å². The molecule has 2 aliphatic heterocycles. The molecular formula is C15H27N3O3. The number of nitrogens with zero attached hydrogens (tertiary/aromatic N) is 1. The molecule has 2 fully saturated rings. The summed E-state index contributed by atoms with van der Waals surface area (Å²) in [6.45, 7) is 6.39. The summed E-state index contributed by atoms with van der Waals surface area (Å²) in [7, 11) is 0. The van der Waals surface area contributed by atoms with Crippen molar-refractivity contribution in [1.29, 1.82) is 0 Å². The second kappa shape index (κ2) is 7.11. The molecule has 6 heteroatoms. The van der Waals surface area contributed by atoms with Gasteiger partial charge in [-0.25, -0.2) is 4.79 Å². The van der Waals surface area contributed by atoms with Gasteiger partial charge in [0.15, 0.2) is 0 Å². The molecule has 120 valence electrons. The quantitative estimate of drug-likeness (QED) is 0.822. The van der Waals surface area contributed by atoms with Crippen molar-refractivity contribution in [2.75, 3.05) is 26.2 Å². The van der Waals surface area contributed by atoms with E-state index in [4.69, 9.17) is 4.74 Å². The number of hydrogen-bond donors (Lipinski definition) is 2. The summed E-state index contributed by atoms with van der Waals surface area (Å²) in [5.74, 6) is 0.0942. The third-order valence-electron chi connectivity index (χ3n) is 4.48. The van der Waals surface area contributed by atoms with Gasteiger partial charge in [0.2, 0.25) is 5.91 Å². The van der Waals surface area contributed by atoms with Gasteiger partial charge < -0.3 is 20.3 Å². The zero-order valence-electron chi connectivity index (χ0n) is 13.1. The fourth-order valence-corrected chi connectivity index (χ4v) is 3.02. The van der Waals surface area contributed by atoms with E-state index in [-0.39, 0.29) is 18.0 Å². The first-order chi connectivity index (χ1) is 10.0. The van der Waals surface area contributed by atoms with E-state index in [0.29, 0.717) is 19.7 Å². The molecule has 0 spiro atoms. The van der Waals surface area contributed by atoms with Crippen molar-refractivity contribution in [3.05, 3.63) is 0 Å². The van der Waals surface area contributed by atoms with Crippen LogP contribution in [0.15, 0.2) is 0 Å². The summed E-state index contributed by atoms with van der Waals surface area (Å²) in [5.41, 5.74) is -0.434. The van der Waals surface area contributed by atoms with Gasteiger partial charge in [0.25, 0.3) is 0 Å². The van der Waals surface area contributed by atoms with E-state index < -0.39 is 5.54 Å². The van der Waals surface area contributed by atoms with Crippen molar-refractivity contribution in [3.8, 4) is 0 Å². The van der Waals surface area contributed by atoms with Gasteiger partial charge in [-0.2, -0.15) is 0 Å². The lowest BCUT2D eigenvalue weighted by molar-refractivity contribution is -0.129. The lowest BCUT2D eigenvalue weighted by Gasteiger charge is -2.37. The van der Waals surface area contributed by atoms with Crippen LogP contribution in [0, 0.1) is 0 Å². The average Bonchev–Trinajstić information content (AvgIpc) is 2.49. The van der Waals surface area contributed by atoms with Gasteiger partial charge in [0, 0.05) is 19.1 Å². The molecule has 2 rings (SSSR count). The predicted octanol–water partition coefficient (Wildman–Crippen LogP) is 1.26. The Labute approximate surface area is 126 Å². The molecule has 2 N–H and O–H groups in total. The second-order valence-corrected chi connectivity index (χ2v) is 6.15. The number of likely N-dealkylation sites (tertiary alicyclic amines) is 1. The molecule has 21 heavy (non-hydrogen) atoms. The van der Waals surface area contributed by atoms with Crippen LogP contribution in [0.1, 0.15) is 46.0 Å². The summed E-state index contributed by atoms with van der Waals surface area (Å²) < 4.78 is 5.00. The summed E-state index contributed by atoms with van der Waals surface area (Å²) in [6, 6.07) is 0.156. The number of carbonyl (C=O) groups excluding carboxylic acids is 2. The maximum absolute atomic E-state index is 12.4. The Bertz CT molecular complexity index is 372. The molecule has 2 saturated heterocycles. The third-order valence-corrected chi connectivity index (χ3v) is 4.48. The van der Waals surface area contributed by atoms with E-state index >= 15 is 0 Å². The van der Waals surface area contributed by atoms with E-state index in [1.165, 1.54) is 0 Å². The lowest BCUT2D eigenvalue weighted by Crippen LogP contribution is -2.59. The zero-order valence-corrected chi connectivity index (χ0v) is 13.1. The Kier molecular flexibility index (Phi) is 5.45. The summed E-state index contributed by atoms with van der Waals surface area (Å²) in [6.07, 6.45) is 4.46. The summed E-state index contributed by atoms with van der Waals surface area (Å²) in [4.78, 5) is 25.8. The van der Waals surface area contributed by atoms with Crippen LogP contribution < -0.4 is 10.6 Å². The maximum atomic E-state index is 12.4. The van der Waals surface area contributed by atoms with Crippen LogP contribution in [-0.2, 0) is 9.53 Å². The van der Waals surface area contributed by atoms with Crippen molar-refractivity contribution in [2.45, 2.75) is 57.5 Å². The van der Waals surface area contributed by atoms with Gasteiger partial charge >= 0.3 is 6.09 Å². The number of ether oxygens (including phenoxy) is 1. The van der Waals surface area contributed by atoms with Crippen LogP contribution in [-0.4, -0.2) is 54.7 Å². The fourth-order valence-electron chi connectivity index (χ4n) is 3.02. The summed E-state index contributed by atoms with van der Waals surface area (Å²) >= 11 is 0. The average molecular weight is 297 g/mol. The van der Waals surface area contributed by atoms with Gasteiger partial charge in [0.1, 0.15) is 0 Å². The van der Waals surface area contributed by atoms with Crippen LogP contribution in [0.5, 0.6) is 0 Å². The highest BCUT2D eigenvalue weighted by Gasteiger charge is 2.36. The summed E-state index contributed by atoms with van der Waals surface area (Å²) in [5, 5.41) is 6.47. The number of amides is 2. The highest BCUT2D eigenvalue weighted by molar-refractivity contribution is 5.86. The Balaban J connectivity index is 1.78. The number of piperidine rings is 2. The van der Waals surface area contributed by atoms with Crippen LogP contribution >= 0.6 is 0 Å². The van der Waals surface area contributed by atoms with E-state index in [0.717, 1.165) is 38.6 Å². The third kappa shape index (κ3) is 4.09. The van der Waals surface area contributed by atoms with E-state index in [1.807, 2.05) is 13.8 Å². The SMILES string of the molecule is CCOC(=O)N1CCC(NC(=O)C2(C)CCCCN2)CC1. The molecule has 0 aromatic rings. The van der Waals surface area contributed by atoms with E-state index in [2.05, 4.69) is 10.6 Å². The molecule has 0 aromatic carbocycles. The molecule has 0 aliphatic carbocycles. The molecule has 0 saturated carbocycles. The molecule has 1 unspecified atom stereocenters. The lowest BCUT2D eigenvalue weighted by atomic mass is 9.89. The molecule has 0 bridgehead atoms. The molecule has 2 aliphatic rings. The minimum atomic E-state index is -0.434. The number of carbonyl (C=O) groups is 2. The highest BCUT2D eigenvalue weighted by Crippen LogP contribution is 2.20. The molecule has 2 amide bonds. The molecule has 0 aromatic heterocycles. The first-order valence-corrected chi connectivity index (χ1v) is 8.03. The van der Waals surface area contributed by atoms with Crippen LogP contribution in [0.2, 0.25) is 0 Å². The number of hydrogen-bond acceptors (Lipinski definition) is 4. The van der Waals surface area contributed by atoms with Crippen LogP contribution in [0.25, 0.3) is 0 Å². The maximum Gasteiger partial charge on any atom is 0.409 e. The van der Waals surface area contributed by atoms with Gasteiger partial charge in [-0.05, 0) is 52.5 Å². The topological polar surface area (TPSA) is 70.7 Å². The Hall–Kier alpha value is -1.30. The van der Waals surface area contributed by atoms with Crippen molar-refractivity contribution >= 4 is 12.0 Å².